The van der Waals surface area contributed by atoms with Crippen molar-refractivity contribution in [2.24, 2.45) is 11.7 Å². The number of ether oxygens (including phenoxy) is 1. The van der Waals surface area contributed by atoms with Crippen LogP contribution in [0.15, 0.2) is 24.3 Å². The van der Waals surface area contributed by atoms with Crippen molar-refractivity contribution in [3.05, 3.63) is 35.4 Å². The zero-order chi connectivity index (χ0) is 17.0. The minimum absolute atomic E-state index is 0.00293. The number of nitrogens with one attached hydrogen (secondary N) is 1. The summed E-state index contributed by atoms with van der Waals surface area (Å²) < 4.78 is 5.59. The van der Waals surface area contributed by atoms with Gasteiger partial charge in [-0.25, -0.2) is 0 Å². The minimum Gasteiger partial charge on any atom is -0.381 e. The number of amides is 1. The largest absolute Gasteiger partial charge is 0.381 e. The van der Waals surface area contributed by atoms with E-state index in [9.17, 15) is 4.79 Å². The van der Waals surface area contributed by atoms with Gasteiger partial charge < -0.3 is 15.8 Å². The second-order valence-corrected chi connectivity index (χ2v) is 7.54. The highest BCUT2D eigenvalue weighted by Gasteiger charge is 2.36. The summed E-state index contributed by atoms with van der Waals surface area (Å²) in [6.07, 6.45) is 5.79. The van der Waals surface area contributed by atoms with Crippen LogP contribution in [0.1, 0.15) is 49.7 Å². The fourth-order valence-electron chi connectivity index (χ4n) is 4.37. The average molecular weight is 330 g/mol. The Morgan fingerprint density at radius 2 is 2.04 bits per heavy atom. The van der Waals surface area contributed by atoms with Gasteiger partial charge in [0.05, 0.1) is 0 Å². The van der Waals surface area contributed by atoms with Gasteiger partial charge in [-0.1, -0.05) is 30.7 Å². The van der Waals surface area contributed by atoms with Crippen LogP contribution in [0.5, 0.6) is 0 Å². The molecule has 0 radical (unpaired) electrons. The summed E-state index contributed by atoms with van der Waals surface area (Å²) in [5, 5.41) is 3.22. The first kappa shape index (κ1) is 17.4. The molecule has 4 heteroatoms. The SMILES string of the molecule is Cc1ccccc1C1(CNC(=O)C[C@@H]2CCC[C@H]2N)CCOCC1. The number of carbonyl (C=O) groups is 1. The monoisotopic (exact) mass is 330 g/mol. The molecule has 2 aliphatic rings. The molecule has 4 nitrogen and oxygen atoms in total. The zero-order valence-corrected chi connectivity index (χ0v) is 14.7. The van der Waals surface area contributed by atoms with E-state index in [0.717, 1.165) is 45.3 Å². The second kappa shape index (κ2) is 7.66. The standard InChI is InChI=1S/C20H30N2O2/c1-15-5-2-3-7-17(15)20(9-11-24-12-10-20)14-22-19(23)13-16-6-4-8-18(16)21/h2-3,5,7,16,18H,4,6,8-14,21H2,1H3,(H,22,23)/t16-,18+/m0/s1. The molecule has 0 bridgehead atoms. The molecule has 1 aliphatic carbocycles. The Morgan fingerprint density at radius 3 is 2.71 bits per heavy atom. The molecule has 1 saturated carbocycles. The molecule has 0 aromatic heterocycles. The number of hydrogen-bond donors (Lipinski definition) is 2. The summed E-state index contributed by atoms with van der Waals surface area (Å²) in [6, 6.07) is 8.74. The van der Waals surface area contributed by atoms with Gasteiger partial charge in [0.15, 0.2) is 0 Å². The predicted octanol–water partition coefficient (Wildman–Crippen LogP) is 2.68. The van der Waals surface area contributed by atoms with Crippen LogP contribution in [0, 0.1) is 12.8 Å². The van der Waals surface area contributed by atoms with Gasteiger partial charge in [-0.3, -0.25) is 4.79 Å². The van der Waals surface area contributed by atoms with E-state index in [-0.39, 0.29) is 17.4 Å². The van der Waals surface area contributed by atoms with Crippen molar-refractivity contribution in [2.45, 2.75) is 56.9 Å². The van der Waals surface area contributed by atoms with Gasteiger partial charge >= 0.3 is 0 Å². The summed E-state index contributed by atoms with van der Waals surface area (Å²) in [6.45, 7) is 4.38. The van der Waals surface area contributed by atoms with Crippen molar-refractivity contribution in [2.75, 3.05) is 19.8 Å². The third kappa shape index (κ3) is 3.81. The fourth-order valence-corrected chi connectivity index (χ4v) is 4.37. The van der Waals surface area contributed by atoms with E-state index >= 15 is 0 Å². The van der Waals surface area contributed by atoms with Crippen LogP contribution in [0.4, 0.5) is 0 Å². The number of rotatable bonds is 5. The quantitative estimate of drug-likeness (QED) is 0.872. The summed E-state index contributed by atoms with van der Waals surface area (Å²) in [7, 11) is 0. The summed E-state index contributed by atoms with van der Waals surface area (Å²) in [5.74, 6) is 0.505. The topological polar surface area (TPSA) is 64.4 Å². The Kier molecular flexibility index (Phi) is 5.57. The predicted molar refractivity (Wildman–Crippen MR) is 95.9 cm³/mol. The average Bonchev–Trinajstić information content (AvgIpc) is 2.99. The molecular formula is C20H30N2O2. The van der Waals surface area contributed by atoms with Gasteiger partial charge in [0.1, 0.15) is 0 Å². The highest BCUT2D eigenvalue weighted by Crippen LogP contribution is 2.36. The van der Waals surface area contributed by atoms with Crippen molar-refractivity contribution in [1.29, 1.82) is 0 Å². The van der Waals surface area contributed by atoms with E-state index in [1.807, 2.05) is 0 Å². The number of hydrogen-bond acceptors (Lipinski definition) is 3. The lowest BCUT2D eigenvalue weighted by Gasteiger charge is -2.39. The van der Waals surface area contributed by atoms with Gasteiger partial charge in [0.2, 0.25) is 5.91 Å². The Labute approximate surface area is 145 Å². The molecule has 1 aromatic carbocycles. The normalized spacial score (nSPS) is 26.2. The Balaban J connectivity index is 1.67. The lowest BCUT2D eigenvalue weighted by molar-refractivity contribution is -0.122. The number of aryl methyl sites for hydroxylation is 1. The zero-order valence-electron chi connectivity index (χ0n) is 14.7. The van der Waals surface area contributed by atoms with Crippen molar-refractivity contribution >= 4 is 5.91 Å². The molecule has 1 aliphatic heterocycles. The lowest BCUT2D eigenvalue weighted by Crippen LogP contribution is -2.45. The maximum atomic E-state index is 12.4. The van der Waals surface area contributed by atoms with E-state index < -0.39 is 0 Å². The van der Waals surface area contributed by atoms with E-state index in [1.165, 1.54) is 11.1 Å². The smallest absolute Gasteiger partial charge is 0.220 e. The molecule has 1 heterocycles. The van der Waals surface area contributed by atoms with Crippen molar-refractivity contribution in [3.63, 3.8) is 0 Å². The Morgan fingerprint density at radius 1 is 1.29 bits per heavy atom. The van der Waals surface area contributed by atoms with Crippen LogP contribution in [-0.4, -0.2) is 31.7 Å². The Hall–Kier alpha value is -1.39. The molecular weight excluding hydrogens is 300 g/mol. The van der Waals surface area contributed by atoms with Crippen molar-refractivity contribution in [3.8, 4) is 0 Å². The highest BCUT2D eigenvalue weighted by molar-refractivity contribution is 5.76. The summed E-state index contributed by atoms with van der Waals surface area (Å²) in [4.78, 5) is 12.4. The first-order chi connectivity index (χ1) is 11.6. The van der Waals surface area contributed by atoms with Gasteiger partial charge in [-0.15, -0.1) is 0 Å². The molecule has 3 N–H and O–H groups in total. The maximum Gasteiger partial charge on any atom is 0.220 e. The molecule has 1 amide bonds. The van der Waals surface area contributed by atoms with E-state index in [2.05, 4.69) is 36.5 Å². The van der Waals surface area contributed by atoms with Gasteiger partial charge in [0.25, 0.3) is 0 Å². The molecule has 1 saturated heterocycles. The molecule has 132 valence electrons. The third-order valence-corrected chi connectivity index (χ3v) is 5.96. The van der Waals surface area contributed by atoms with E-state index in [4.69, 9.17) is 10.5 Å². The molecule has 2 atom stereocenters. The molecule has 24 heavy (non-hydrogen) atoms. The van der Waals surface area contributed by atoms with Gasteiger partial charge in [0, 0.05) is 37.6 Å². The number of carbonyl (C=O) groups excluding carboxylic acids is 1. The van der Waals surface area contributed by atoms with Crippen LogP contribution in [-0.2, 0) is 14.9 Å². The van der Waals surface area contributed by atoms with Crippen LogP contribution >= 0.6 is 0 Å². The van der Waals surface area contributed by atoms with Gasteiger partial charge in [-0.05, 0) is 49.7 Å². The second-order valence-electron chi connectivity index (χ2n) is 7.54. The minimum atomic E-state index is -0.00293. The van der Waals surface area contributed by atoms with Crippen LogP contribution in [0.3, 0.4) is 0 Å². The lowest BCUT2D eigenvalue weighted by atomic mass is 9.72. The van der Waals surface area contributed by atoms with E-state index in [0.29, 0.717) is 18.9 Å². The van der Waals surface area contributed by atoms with Crippen LogP contribution < -0.4 is 11.1 Å². The third-order valence-electron chi connectivity index (χ3n) is 5.96. The maximum absolute atomic E-state index is 12.4. The first-order valence-corrected chi connectivity index (χ1v) is 9.27. The van der Waals surface area contributed by atoms with Gasteiger partial charge in [-0.2, -0.15) is 0 Å². The number of benzene rings is 1. The Bertz CT molecular complexity index is 567. The molecule has 1 aromatic rings. The van der Waals surface area contributed by atoms with Crippen LogP contribution in [0.2, 0.25) is 0 Å². The first-order valence-electron chi connectivity index (χ1n) is 9.27. The van der Waals surface area contributed by atoms with Crippen molar-refractivity contribution in [1.82, 2.24) is 5.32 Å². The van der Waals surface area contributed by atoms with E-state index in [1.54, 1.807) is 0 Å². The van der Waals surface area contributed by atoms with Crippen molar-refractivity contribution < 1.29 is 9.53 Å². The molecule has 2 fully saturated rings. The fraction of sp³-hybridized carbons (Fsp3) is 0.650. The number of nitrogens with two attached hydrogens (primary N) is 1. The summed E-state index contributed by atoms with van der Waals surface area (Å²) in [5.41, 5.74) is 8.75. The summed E-state index contributed by atoms with van der Waals surface area (Å²) >= 11 is 0. The molecule has 0 spiro atoms. The molecule has 3 rings (SSSR count). The van der Waals surface area contributed by atoms with Crippen LogP contribution in [0.25, 0.3) is 0 Å². The molecule has 0 unspecified atom stereocenters. The highest BCUT2D eigenvalue weighted by atomic mass is 16.5.